The van der Waals surface area contributed by atoms with Crippen LogP contribution in [-0.2, 0) is 11.8 Å². The van der Waals surface area contributed by atoms with E-state index in [1.807, 2.05) is 12.1 Å². The van der Waals surface area contributed by atoms with Gasteiger partial charge in [0.2, 0.25) is 0 Å². The van der Waals surface area contributed by atoms with Crippen molar-refractivity contribution < 1.29 is 0 Å². The molecule has 3 aromatic carbocycles. The minimum atomic E-state index is 0.293. The zero-order valence-corrected chi connectivity index (χ0v) is 17.9. The van der Waals surface area contributed by atoms with Gasteiger partial charge in [-0.1, -0.05) is 133 Å². The van der Waals surface area contributed by atoms with Crippen LogP contribution in [0.1, 0.15) is 64.2 Å². The van der Waals surface area contributed by atoms with Gasteiger partial charge in [-0.05, 0) is 34.4 Å². The minimum Gasteiger partial charge on any atom is -0.0622 e. The van der Waals surface area contributed by atoms with Crippen molar-refractivity contribution in [1.82, 2.24) is 0 Å². The summed E-state index contributed by atoms with van der Waals surface area (Å²) in [5, 5.41) is 0. The molecule has 0 heterocycles. The molecule has 0 spiro atoms. The molecule has 0 unspecified atom stereocenters. The fraction of sp³-hybridized carbons (Fsp3) is 0.333. The summed E-state index contributed by atoms with van der Waals surface area (Å²) in [6, 6.07) is 31.5. The van der Waals surface area contributed by atoms with Gasteiger partial charge in [0.15, 0.2) is 0 Å². The van der Waals surface area contributed by atoms with Crippen molar-refractivity contribution in [3.8, 4) is 0 Å². The molecule has 0 aliphatic carbocycles. The van der Waals surface area contributed by atoms with E-state index in [4.69, 9.17) is 0 Å². The largest absolute Gasteiger partial charge is 0.0622 e. The highest BCUT2D eigenvalue weighted by atomic mass is 14.2. The van der Waals surface area contributed by atoms with Crippen LogP contribution in [0.4, 0.5) is 0 Å². The van der Waals surface area contributed by atoms with Crippen molar-refractivity contribution >= 4 is 0 Å². The number of hydrogen-bond donors (Lipinski definition) is 0. The third-order valence-corrected chi connectivity index (χ3v) is 4.36. The Labute approximate surface area is 167 Å². The van der Waals surface area contributed by atoms with Gasteiger partial charge in [0, 0.05) is 0 Å². The lowest BCUT2D eigenvalue weighted by molar-refractivity contribution is 0.590. The summed E-state index contributed by atoms with van der Waals surface area (Å²) in [6.45, 7) is 13.2. The van der Waals surface area contributed by atoms with E-state index < -0.39 is 0 Å². The molecule has 0 aliphatic heterocycles. The molecule has 0 atom stereocenters. The fourth-order valence-corrected chi connectivity index (χ4v) is 2.49. The van der Waals surface area contributed by atoms with E-state index in [1.54, 1.807) is 0 Å². The zero-order valence-electron chi connectivity index (χ0n) is 17.9. The maximum Gasteiger partial charge on any atom is -0.0132 e. The maximum atomic E-state index is 2.22. The summed E-state index contributed by atoms with van der Waals surface area (Å²) in [4.78, 5) is 0. The predicted octanol–water partition coefficient (Wildman–Crippen LogP) is 8.04. The van der Waals surface area contributed by atoms with Crippen molar-refractivity contribution in [1.29, 1.82) is 0 Å². The van der Waals surface area contributed by atoms with E-state index in [0.717, 1.165) is 6.42 Å². The Morgan fingerprint density at radius 1 is 0.630 bits per heavy atom. The topological polar surface area (TPSA) is 0 Å². The monoisotopic (exact) mass is 360 g/mol. The minimum absolute atomic E-state index is 0.293. The molecule has 0 N–H and O–H groups in total. The first kappa shape index (κ1) is 22.7. The van der Waals surface area contributed by atoms with Gasteiger partial charge < -0.3 is 0 Å². The first-order chi connectivity index (χ1) is 12.8. The molecule has 0 aliphatic rings. The molecule has 3 rings (SSSR count). The smallest absolute Gasteiger partial charge is 0.0132 e. The van der Waals surface area contributed by atoms with E-state index in [1.165, 1.54) is 16.7 Å². The molecule has 3 aromatic rings. The summed E-state index contributed by atoms with van der Waals surface area (Å²) in [5.41, 5.74) is 4.52. The molecule has 144 valence electrons. The van der Waals surface area contributed by atoms with Crippen LogP contribution < -0.4 is 0 Å². The lowest BCUT2D eigenvalue weighted by Gasteiger charge is -2.18. The van der Waals surface area contributed by atoms with Crippen LogP contribution in [0.5, 0.6) is 0 Å². The molecule has 27 heavy (non-hydrogen) atoms. The van der Waals surface area contributed by atoms with Gasteiger partial charge in [-0.25, -0.2) is 0 Å². The van der Waals surface area contributed by atoms with Crippen molar-refractivity contribution in [3.63, 3.8) is 0 Å². The van der Waals surface area contributed by atoms with E-state index in [0.29, 0.717) is 11.3 Å². The second kappa shape index (κ2) is 12.1. The molecular formula is C27H36. The third kappa shape index (κ3) is 9.80. The van der Waals surface area contributed by atoms with Crippen LogP contribution in [0.15, 0.2) is 91.0 Å². The van der Waals surface area contributed by atoms with Crippen molar-refractivity contribution in [2.45, 2.75) is 59.3 Å². The quantitative estimate of drug-likeness (QED) is 0.433. The first-order valence-electron chi connectivity index (χ1n) is 9.99. The lowest BCUT2D eigenvalue weighted by atomic mass is 9.87. The van der Waals surface area contributed by atoms with Gasteiger partial charge >= 0.3 is 0 Å². The van der Waals surface area contributed by atoms with Crippen LogP contribution >= 0.6 is 0 Å². The van der Waals surface area contributed by atoms with Crippen LogP contribution in [0.2, 0.25) is 0 Å². The SMILES string of the molecule is CC(C)(C)c1ccccc1.CC(C)c1ccccc1.CCc1ccccc1. The molecule has 0 saturated heterocycles. The van der Waals surface area contributed by atoms with E-state index in [2.05, 4.69) is 120 Å². The molecule has 0 aromatic heterocycles. The molecule has 0 nitrogen and oxygen atoms in total. The molecule has 0 radical (unpaired) electrons. The Morgan fingerprint density at radius 3 is 1.30 bits per heavy atom. The summed E-state index contributed by atoms with van der Waals surface area (Å²) >= 11 is 0. The highest BCUT2D eigenvalue weighted by molar-refractivity contribution is 5.22. The Kier molecular flexibility index (Phi) is 10.2. The maximum absolute atomic E-state index is 2.22. The van der Waals surface area contributed by atoms with Gasteiger partial charge in [0.25, 0.3) is 0 Å². The number of rotatable bonds is 2. The molecule has 0 saturated carbocycles. The Bertz CT molecular complexity index is 704. The average Bonchev–Trinajstić information content (AvgIpc) is 2.70. The highest BCUT2D eigenvalue weighted by Crippen LogP contribution is 2.20. The van der Waals surface area contributed by atoms with Crippen LogP contribution in [0.3, 0.4) is 0 Å². The van der Waals surface area contributed by atoms with Crippen molar-refractivity contribution in [3.05, 3.63) is 108 Å². The van der Waals surface area contributed by atoms with Crippen LogP contribution in [0, 0.1) is 0 Å². The summed E-state index contributed by atoms with van der Waals surface area (Å²) in [5.74, 6) is 0.659. The van der Waals surface area contributed by atoms with Gasteiger partial charge in [-0.2, -0.15) is 0 Å². The number of aryl methyl sites for hydroxylation is 1. The van der Waals surface area contributed by atoms with Crippen molar-refractivity contribution in [2.75, 3.05) is 0 Å². The standard InChI is InChI=1S/C10H14.C9H12.C8H10/c1-10(2,3)9-7-5-4-6-8-9;1-8(2)9-6-4-3-5-7-9;1-2-8-6-4-3-5-7-8/h4-8H,1-3H3;3-8H,1-2H3;3-7H,2H2,1H3. The van der Waals surface area contributed by atoms with Crippen LogP contribution in [-0.4, -0.2) is 0 Å². The van der Waals surface area contributed by atoms with Gasteiger partial charge in [0.1, 0.15) is 0 Å². The van der Waals surface area contributed by atoms with Gasteiger partial charge in [-0.15, -0.1) is 0 Å². The second-order valence-corrected chi connectivity index (χ2v) is 8.02. The van der Waals surface area contributed by atoms with E-state index in [-0.39, 0.29) is 0 Å². The predicted molar refractivity (Wildman–Crippen MR) is 121 cm³/mol. The Hall–Kier alpha value is -2.34. The lowest BCUT2D eigenvalue weighted by Crippen LogP contribution is -2.10. The first-order valence-corrected chi connectivity index (χ1v) is 9.99. The second-order valence-electron chi connectivity index (χ2n) is 8.02. The highest BCUT2D eigenvalue weighted by Gasteiger charge is 2.11. The molecule has 0 amide bonds. The third-order valence-electron chi connectivity index (χ3n) is 4.36. The molecule has 0 fully saturated rings. The fourth-order valence-electron chi connectivity index (χ4n) is 2.49. The number of benzene rings is 3. The van der Waals surface area contributed by atoms with Crippen molar-refractivity contribution in [2.24, 2.45) is 0 Å². The number of hydrogen-bond acceptors (Lipinski definition) is 0. The Morgan fingerprint density at radius 2 is 1.04 bits per heavy atom. The average molecular weight is 361 g/mol. The normalized spacial score (nSPS) is 10.3. The summed E-state index contributed by atoms with van der Waals surface area (Å²) in [6.07, 6.45) is 1.14. The van der Waals surface area contributed by atoms with E-state index in [9.17, 15) is 0 Å². The van der Waals surface area contributed by atoms with Crippen LogP contribution in [0.25, 0.3) is 0 Å². The van der Waals surface area contributed by atoms with E-state index >= 15 is 0 Å². The summed E-state index contributed by atoms with van der Waals surface area (Å²) in [7, 11) is 0. The van der Waals surface area contributed by atoms with Gasteiger partial charge in [-0.3, -0.25) is 0 Å². The Balaban J connectivity index is 0.000000204. The zero-order chi connectivity index (χ0) is 20.1. The summed E-state index contributed by atoms with van der Waals surface area (Å²) < 4.78 is 0. The molecule has 0 heteroatoms. The molecule has 0 bridgehead atoms. The van der Waals surface area contributed by atoms with Gasteiger partial charge in [0.05, 0.1) is 0 Å². The molecular weight excluding hydrogens is 324 g/mol.